The topological polar surface area (TPSA) is 59.1 Å². The average molecular weight is 190 g/mol. The zero-order chi connectivity index (χ0) is 9.97. The van der Waals surface area contributed by atoms with Crippen LogP contribution < -0.4 is 5.32 Å². The second-order valence-corrected chi connectivity index (χ2v) is 3.29. The minimum Gasteiger partial charge on any atom is -0.347 e. The molecular formula is C10H10N2O2. The Bertz CT molecular complexity index is 346. The van der Waals surface area contributed by atoms with E-state index in [-0.39, 0.29) is 24.2 Å². The maximum absolute atomic E-state index is 11.2. The number of pyridine rings is 1. The number of amides is 1. The molecule has 4 nitrogen and oxygen atoms in total. The van der Waals surface area contributed by atoms with Crippen LogP contribution in [0.3, 0.4) is 0 Å². The van der Waals surface area contributed by atoms with E-state index in [9.17, 15) is 9.59 Å². The van der Waals surface area contributed by atoms with Gasteiger partial charge in [-0.15, -0.1) is 0 Å². The molecule has 2 heterocycles. The molecule has 72 valence electrons. The molecule has 1 fully saturated rings. The first-order valence-electron chi connectivity index (χ1n) is 4.47. The van der Waals surface area contributed by atoms with Crippen LogP contribution in [0.15, 0.2) is 24.4 Å². The molecule has 1 atom stereocenters. The summed E-state index contributed by atoms with van der Waals surface area (Å²) in [7, 11) is 0. The number of nitrogens with zero attached hydrogens (tertiary/aromatic N) is 1. The van der Waals surface area contributed by atoms with Crippen LogP contribution in [0.25, 0.3) is 0 Å². The van der Waals surface area contributed by atoms with Crippen molar-refractivity contribution in [1.82, 2.24) is 10.3 Å². The van der Waals surface area contributed by atoms with E-state index in [1.54, 1.807) is 12.3 Å². The van der Waals surface area contributed by atoms with Crippen LogP contribution in [-0.2, 0) is 9.59 Å². The van der Waals surface area contributed by atoms with Crippen LogP contribution in [0, 0.1) is 0 Å². The van der Waals surface area contributed by atoms with E-state index in [2.05, 4.69) is 10.3 Å². The van der Waals surface area contributed by atoms with Gasteiger partial charge in [0.1, 0.15) is 5.78 Å². The molecule has 1 amide bonds. The molecule has 1 aliphatic rings. The minimum atomic E-state index is -0.245. The van der Waals surface area contributed by atoms with Crippen LogP contribution >= 0.6 is 0 Å². The van der Waals surface area contributed by atoms with Crippen molar-refractivity contribution in [3.63, 3.8) is 0 Å². The molecule has 1 saturated heterocycles. The summed E-state index contributed by atoms with van der Waals surface area (Å²) in [5.74, 6) is -0.235. The lowest BCUT2D eigenvalue weighted by Crippen LogP contribution is -2.37. The van der Waals surface area contributed by atoms with Gasteiger partial charge in [0.2, 0.25) is 5.91 Å². The molecule has 0 aliphatic carbocycles. The van der Waals surface area contributed by atoms with E-state index in [0.29, 0.717) is 6.42 Å². The van der Waals surface area contributed by atoms with E-state index in [1.807, 2.05) is 12.1 Å². The summed E-state index contributed by atoms with van der Waals surface area (Å²) in [5, 5.41) is 2.74. The van der Waals surface area contributed by atoms with Gasteiger partial charge in [0, 0.05) is 12.6 Å². The highest BCUT2D eigenvalue weighted by molar-refractivity contribution is 6.00. The Kier molecular flexibility index (Phi) is 2.26. The molecule has 2 rings (SSSR count). The van der Waals surface area contributed by atoms with Crippen LogP contribution in [0.5, 0.6) is 0 Å². The van der Waals surface area contributed by atoms with Crippen LogP contribution in [-0.4, -0.2) is 16.7 Å². The van der Waals surface area contributed by atoms with Crippen molar-refractivity contribution >= 4 is 11.7 Å². The molecule has 0 saturated carbocycles. The summed E-state index contributed by atoms with van der Waals surface area (Å²) in [6.07, 6.45) is 2.01. The summed E-state index contributed by atoms with van der Waals surface area (Å²) in [6.45, 7) is 0. The molecule has 14 heavy (non-hydrogen) atoms. The van der Waals surface area contributed by atoms with Crippen molar-refractivity contribution in [2.75, 3.05) is 0 Å². The fourth-order valence-corrected chi connectivity index (χ4v) is 1.54. The molecule has 4 heteroatoms. The Morgan fingerprint density at radius 3 is 2.86 bits per heavy atom. The highest BCUT2D eigenvalue weighted by Gasteiger charge is 2.25. The first-order valence-corrected chi connectivity index (χ1v) is 4.47. The number of carbonyl (C=O) groups is 2. The monoisotopic (exact) mass is 190 g/mol. The van der Waals surface area contributed by atoms with Gasteiger partial charge in [-0.2, -0.15) is 0 Å². The lowest BCUT2D eigenvalue weighted by molar-refractivity contribution is -0.132. The van der Waals surface area contributed by atoms with Gasteiger partial charge in [-0.1, -0.05) is 6.07 Å². The third-order valence-electron chi connectivity index (χ3n) is 2.17. The van der Waals surface area contributed by atoms with Crippen molar-refractivity contribution in [1.29, 1.82) is 0 Å². The zero-order valence-corrected chi connectivity index (χ0v) is 7.56. The minimum absolute atomic E-state index is 0.00331. The van der Waals surface area contributed by atoms with E-state index in [4.69, 9.17) is 0 Å². The van der Waals surface area contributed by atoms with E-state index < -0.39 is 0 Å². The first-order chi connectivity index (χ1) is 6.75. The van der Waals surface area contributed by atoms with Gasteiger partial charge in [0.15, 0.2) is 0 Å². The highest BCUT2D eigenvalue weighted by Crippen LogP contribution is 2.18. The summed E-state index contributed by atoms with van der Waals surface area (Å²) in [5.41, 5.74) is 0.744. The van der Waals surface area contributed by atoms with Gasteiger partial charge >= 0.3 is 0 Å². The lowest BCUT2D eigenvalue weighted by atomic mass is 10.00. The number of piperidine rings is 1. The van der Waals surface area contributed by atoms with Crippen molar-refractivity contribution in [3.05, 3.63) is 30.1 Å². The normalized spacial score (nSPS) is 21.9. The number of ketones is 1. The molecule has 0 aromatic carbocycles. The third kappa shape index (κ3) is 1.79. The van der Waals surface area contributed by atoms with Gasteiger partial charge in [-0.05, 0) is 12.1 Å². The van der Waals surface area contributed by atoms with Crippen molar-refractivity contribution in [3.8, 4) is 0 Å². The van der Waals surface area contributed by atoms with Gasteiger partial charge in [-0.3, -0.25) is 14.6 Å². The van der Waals surface area contributed by atoms with E-state index in [1.165, 1.54) is 0 Å². The quantitative estimate of drug-likeness (QED) is 0.660. The fraction of sp³-hybridized carbons (Fsp3) is 0.300. The summed E-state index contributed by atoms with van der Waals surface area (Å²) in [6, 6.07) is 5.21. The van der Waals surface area contributed by atoms with Crippen molar-refractivity contribution in [2.24, 2.45) is 0 Å². The molecule has 1 aliphatic heterocycles. The summed E-state index contributed by atoms with van der Waals surface area (Å²) in [4.78, 5) is 26.4. The smallest absolute Gasteiger partial charge is 0.227 e. The zero-order valence-electron chi connectivity index (χ0n) is 7.56. The van der Waals surface area contributed by atoms with Crippen LogP contribution in [0.1, 0.15) is 24.6 Å². The number of aromatic nitrogens is 1. The standard InChI is InChI=1S/C10H10N2O2/c13-7-5-9(12-10(14)6-7)8-3-1-2-4-11-8/h1-4,9H,5-6H2,(H,12,14). The molecule has 0 bridgehead atoms. The Hall–Kier alpha value is -1.71. The number of hydrogen-bond acceptors (Lipinski definition) is 3. The summed E-state index contributed by atoms with van der Waals surface area (Å²) >= 11 is 0. The predicted octanol–water partition coefficient (Wildman–Crippen LogP) is 0.602. The second-order valence-electron chi connectivity index (χ2n) is 3.29. The Morgan fingerprint density at radius 2 is 2.21 bits per heavy atom. The number of nitrogens with one attached hydrogen (secondary N) is 1. The van der Waals surface area contributed by atoms with E-state index >= 15 is 0 Å². The van der Waals surface area contributed by atoms with Crippen LogP contribution in [0.2, 0.25) is 0 Å². The molecule has 1 aromatic heterocycles. The maximum atomic E-state index is 11.2. The molecular weight excluding hydrogens is 180 g/mol. The van der Waals surface area contributed by atoms with Crippen LogP contribution in [0.4, 0.5) is 0 Å². The lowest BCUT2D eigenvalue weighted by Gasteiger charge is -2.21. The number of carbonyl (C=O) groups excluding carboxylic acids is 2. The SMILES string of the molecule is O=C1CC(=O)NC(c2ccccn2)C1. The summed E-state index contributed by atoms with van der Waals surface area (Å²) < 4.78 is 0. The van der Waals surface area contributed by atoms with Gasteiger partial charge in [0.05, 0.1) is 18.2 Å². The number of rotatable bonds is 1. The molecule has 1 unspecified atom stereocenters. The second kappa shape index (κ2) is 3.57. The number of Topliss-reactive ketones (excluding diaryl/α,β-unsaturated/α-hetero) is 1. The van der Waals surface area contributed by atoms with Gasteiger partial charge in [0.25, 0.3) is 0 Å². The Balaban J connectivity index is 2.19. The molecule has 0 radical (unpaired) electrons. The van der Waals surface area contributed by atoms with E-state index in [0.717, 1.165) is 5.69 Å². The fourth-order valence-electron chi connectivity index (χ4n) is 1.54. The largest absolute Gasteiger partial charge is 0.347 e. The Labute approximate surface area is 81.3 Å². The average Bonchev–Trinajstić information content (AvgIpc) is 2.18. The van der Waals surface area contributed by atoms with Crippen molar-refractivity contribution in [2.45, 2.75) is 18.9 Å². The highest BCUT2D eigenvalue weighted by atomic mass is 16.2. The van der Waals surface area contributed by atoms with Gasteiger partial charge in [-0.25, -0.2) is 0 Å². The van der Waals surface area contributed by atoms with Gasteiger partial charge < -0.3 is 5.32 Å². The maximum Gasteiger partial charge on any atom is 0.227 e. The number of hydrogen-bond donors (Lipinski definition) is 1. The molecule has 1 aromatic rings. The van der Waals surface area contributed by atoms with Crippen molar-refractivity contribution < 1.29 is 9.59 Å². The Morgan fingerprint density at radius 1 is 1.36 bits per heavy atom. The first kappa shape index (κ1) is 8.87. The predicted molar refractivity (Wildman–Crippen MR) is 49.4 cm³/mol. The molecule has 0 spiro atoms. The molecule has 1 N–H and O–H groups in total. The third-order valence-corrected chi connectivity index (χ3v) is 2.17.